The van der Waals surface area contributed by atoms with Gasteiger partial charge in [-0.05, 0) is 70.9 Å². The summed E-state index contributed by atoms with van der Waals surface area (Å²) in [4.78, 5) is 28.9. The molecule has 0 aromatic heterocycles. The number of nitrogens with one attached hydrogen (secondary N) is 2. The lowest BCUT2D eigenvalue weighted by molar-refractivity contribution is 0.0545. The molecule has 7 heteroatoms. The third-order valence-corrected chi connectivity index (χ3v) is 3.82. The third-order valence-electron chi connectivity index (χ3n) is 3.82. The zero-order valence-corrected chi connectivity index (χ0v) is 18.7. The van der Waals surface area contributed by atoms with E-state index in [-0.39, 0.29) is 12.0 Å². The number of amides is 2. The first-order chi connectivity index (χ1) is 13.8. The van der Waals surface area contributed by atoms with Gasteiger partial charge in [-0.15, -0.1) is 0 Å². The van der Waals surface area contributed by atoms with Gasteiger partial charge in [0, 0.05) is 0 Å². The van der Waals surface area contributed by atoms with Gasteiger partial charge < -0.3 is 9.47 Å². The number of aliphatic imine (C=N–C) groups is 1. The summed E-state index contributed by atoms with van der Waals surface area (Å²) in [5.41, 5.74) is -0.445. The van der Waals surface area contributed by atoms with Crippen LogP contribution in [0.4, 0.5) is 9.59 Å². The molecule has 2 aromatic carbocycles. The molecule has 0 aliphatic heterocycles. The largest absolute Gasteiger partial charge is 0.444 e. The van der Waals surface area contributed by atoms with Crippen LogP contribution in [0.15, 0.2) is 47.5 Å². The number of hydrogen-bond donors (Lipinski definition) is 2. The van der Waals surface area contributed by atoms with Crippen LogP contribution in [0, 0.1) is 0 Å². The Morgan fingerprint density at radius 1 is 0.833 bits per heavy atom. The van der Waals surface area contributed by atoms with E-state index in [1.54, 1.807) is 41.5 Å². The van der Waals surface area contributed by atoms with E-state index in [0.29, 0.717) is 0 Å². The molecule has 0 heterocycles. The molecule has 0 saturated carbocycles. The van der Waals surface area contributed by atoms with Crippen LogP contribution >= 0.6 is 0 Å². The Bertz CT molecular complexity index is 907. The van der Waals surface area contributed by atoms with Gasteiger partial charge in [0.1, 0.15) is 11.2 Å². The number of nitrogens with zero attached hydrogens (tertiary/aromatic N) is 1. The van der Waals surface area contributed by atoms with Gasteiger partial charge in [-0.3, -0.25) is 10.6 Å². The normalized spacial score (nSPS) is 12.6. The van der Waals surface area contributed by atoms with Crippen LogP contribution in [0.1, 0.15) is 60.1 Å². The van der Waals surface area contributed by atoms with Gasteiger partial charge in [-0.2, -0.15) is 0 Å². The summed E-state index contributed by atoms with van der Waals surface area (Å²) in [6.07, 6.45) is -1.44. The second-order valence-corrected chi connectivity index (χ2v) is 9.01. The SMILES string of the molecule is C[C@@H](N=C(NC(=O)OC(C)(C)C)NC(=O)OC(C)(C)C)c1ccc2ccccc2c1. The standard InChI is InChI=1S/C23H31N3O4/c1-15(17-13-12-16-10-8-9-11-18(16)14-17)24-19(25-20(27)29-22(2,3)4)26-21(28)30-23(5,6)7/h8-15H,1-7H3,(H2,24,25,26,27,28)/t15-/m1/s1. The first-order valence-corrected chi connectivity index (χ1v) is 9.89. The number of alkyl carbamates (subject to hydrolysis) is 2. The van der Waals surface area contributed by atoms with Crippen LogP contribution in [0.25, 0.3) is 10.8 Å². The first-order valence-electron chi connectivity index (χ1n) is 9.89. The minimum absolute atomic E-state index is 0.0424. The molecular weight excluding hydrogens is 382 g/mol. The number of benzene rings is 2. The molecule has 0 unspecified atom stereocenters. The molecule has 0 aliphatic carbocycles. The molecule has 2 aromatic rings. The van der Waals surface area contributed by atoms with Crippen molar-refractivity contribution in [1.29, 1.82) is 0 Å². The maximum Gasteiger partial charge on any atom is 0.414 e. The van der Waals surface area contributed by atoms with Crippen molar-refractivity contribution in [3.63, 3.8) is 0 Å². The highest BCUT2D eigenvalue weighted by Crippen LogP contribution is 2.22. The lowest BCUT2D eigenvalue weighted by Gasteiger charge is -2.22. The Morgan fingerprint density at radius 2 is 1.33 bits per heavy atom. The molecule has 0 aliphatic rings. The summed E-state index contributed by atoms with van der Waals surface area (Å²) in [5.74, 6) is -0.0424. The predicted octanol–water partition coefficient (Wildman–Crippen LogP) is 5.31. The quantitative estimate of drug-likeness (QED) is 0.516. The van der Waals surface area contributed by atoms with Crippen molar-refractivity contribution < 1.29 is 19.1 Å². The Balaban J connectivity index is 2.26. The Hall–Kier alpha value is -3.09. The van der Waals surface area contributed by atoms with Gasteiger partial charge >= 0.3 is 12.2 Å². The lowest BCUT2D eigenvalue weighted by Crippen LogP contribution is -2.47. The highest BCUT2D eigenvalue weighted by Gasteiger charge is 2.22. The van der Waals surface area contributed by atoms with Gasteiger partial charge in [0.25, 0.3) is 0 Å². The van der Waals surface area contributed by atoms with E-state index in [2.05, 4.69) is 15.6 Å². The zero-order chi connectivity index (χ0) is 22.5. The monoisotopic (exact) mass is 413 g/mol. The van der Waals surface area contributed by atoms with Crippen LogP contribution < -0.4 is 10.6 Å². The average molecular weight is 414 g/mol. The van der Waals surface area contributed by atoms with Gasteiger partial charge in [0.2, 0.25) is 5.96 Å². The molecule has 0 bridgehead atoms. The van der Waals surface area contributed by atoms with Crippen molar-refractivity contribution in [3.8, 4) is 0 Å². The average Bonchev–Trinajstić information content (AvgIpc) is 2.57. The second-order valence-electron chi connectivity index (χ2n) is 9.01. The summed E-state index contributed by atoms with van der Waals surface area (Å²) in [7, 11) is 0. The van der Waals surface area contributed by atoms with Crippen LogP contribution in [0.2, 0.25) is 0 Å². The third kappa shape index (κ3) is 7.73. The van der Waals surface area contributed by atoms with Crippen molar-refractivity contribution >= 4 is 28.9 Å². The van der Waals surface area contributed by atoms with Crippen LogP contribution in [-0.2, 0) is 9.47 Å². The fourth-order valence-corrected chi connectivity index (χ4v) is 2.63. The van der Waals surface area contributed by atoms with E-state index in [1.807, 2.05) is 49.4 Å². The van der Waals surface area contributed by atoms with Crippen LogP contribution in [0.3, 0.4) is 0 Å². The van der Waals surface area contributed by atoms with Gasteiger partial charge in [0.05, 0.1) is 6.04 Å². The molecule has 1 atom stereocenters. The van der Waals surface area contributed by atoms with E-state index < -0.39 is 23.4 Å². The fraction of sp³-hybridized carbons (Fsp3) is 0.435. The molecule has 162 valence electrons. The number of rotatable bonds is 2. The maximum atomic E-state index is 12.2. The van der Waals surface area contributed by atoms with Gasteiger partial charge in [-0.1, -0.05) is 36.4 Å². The van der Waals surface area contributed by atoms with Crippen molar-refractivity contribution in [3.05, 3.63) is 48.0 Å². The Kier molecular flexibility index (Phi) is 7.08. The number of carbonyl (C=O) groups is 2. The molecule has 2 N–H and O–H groups in total. The molecule has 0 spiro atoms. The Morgan fingerprint density at radius 3 is 1.83 bits per heavy atom. The van der Waals surface area contributed by atoms with E-state index >= 15 is 0 Å². The zero-order valence-electron chi connectivity index (χ0n) is 18.7. The highest BCUT2D eigenvalue weighted by molar-refractivity contribution is 6.01. The maximum absolute atomic E-state index is 12.2. The lowest BCUT2D eigenvalue weighted by atomic mass is 10.0. The van der Waals surface area contributed by atoms with Gasteiger partial charge in [-0.25, -0.2) is 14.6 Å². The van der Waals surface area contributed by atoms with Gasteiger partial charge in [0.15, 0.2) is 0 Å². The number of carbonyl (C=O) groups excluding carboxylic acids is 2. The summed E-state index contributed by atoms with van der Waals surface area (Å²) < 4.78 is 10.5. The molecule has 0 fully saturated rings. The molecule has 30 heavy (non-hydrogen) atoms. The highest BCUT2D eigenvalue weighted by atomic mass is 16.6. The smallest absolute Gasteiger partial charge is 0.414 e. The van der Waals surface area contributed by atoms with Crippen molar-refractivity contribution in [2.45, 2.75) is 65.7 Å². The molecule has 0 radical (unpaired) electrons. The fourth-order valence-electron chi connectivity index (χ4n) is 2.63. The summed E-state index contributed by atoms with van der Waals surface area (Å²) in [5, 5.41) is 7.21. The topological polar surface area (TPSA) is 89.0 Å². The molecule has 7 nitrogen and oxygen atoms in total. The minimum Gasteiger partial charge on any atom is -0.444 e. The van der Waals surface area contributed by atoms with E-state index in [4.69, 9.17) is 9.47 Å². The van der Waals surface area contributed by atoms with Crippen molar-refractivity contribution in [2.75, 3.05) is 0 Å². The second kappa shape index (κ2) is 9.15. The molecular formula is C23H31N3O4. The van der Waals surface area contributed by atoms with Crippen LogP contribution in [-0.4, -0.2) is 29.3 Å². The summed E-state index contributed by atoms with van der Waals surface area (Å²) >= 11 is 0. The number of ether oxygens (including phenoxy) is 2. The predicted molar refractivity (Wildman–Crippen MR) is 119 cm³/mol. The Labute approximate surface area is 177 Å². The summed E-state index contributed by atoms with van der Waals surface area (Å²) in [6.45, 7) is 12.4. The van der Waals surface area contributed by atoms with Crippen molar-refractivity contribution in [2.24, 2.45) is 4.99 Å². The number of fused-ring (bicyclic) bond motifs is 1. The molecule has 2 rings (SSSR count). The summed E-state index contributed by atoms with van der Waals surface area (Å²) in [6, 6.07) is 13.7. The first kappa shape index (κ1) is 23.2. The van der Waals surface area contributed by atoms with E-state index in [1.165, 1.54) is 0 Å². The molecule has 2 amide bonds. The number of guanidine groups is 1. The van der Waals surface area contributed by atoms with Crippen molar-refractivity contribution in [1.82, 2.24) is 10.6 Å². The molecule has 0 saturated heterocycles. The van der Waals surface area contributed by atoms with E-state index in [9.17, 15) is 9.59 Å². The number of hydrogen-bond acceptors (Lipinski definition) is 5. The minimum atomic E-state index is -0.719. The van der Waals surface area contributed by atoms with E-state index in [0.717, 1.165) is 16.3 Å². The van der Waals surface area contributed by atoms with Crippen LogP contribution in [0.5, 0.6) is 0 Å².